The summed E-state index contributed by atoms with van der Waals surface area (Å²) in [6.07, 6.45) is 7.28. The molecule has 0 atom stereocenters. The molecule has 0 bridgehead atoms. The van der Waals surface area contributed by atoms with Gasteiger partial charge in [-0.1, -0.05) is 73.8 Å². The van der Waals surface area contributed by atoms with Crippen LogP contribution >= 0.6 is 0 Å². The molecule has 2 aromatic carbocycles. The molecule has 4 nitrogen and oxygen atoms in total. The number of rotatable bonds is 4. The van der Waals surface area contributed by atoms with Crippen LogP contribution in [0.5, 0.6) is 0 Å². The molecule has 0 fully saturated rings. The second-order valence-electron chi connectivity index (χ2n) is 8.00. The minimum Gasteiger partial charge on any atom is -0.237 e. The first-order chi connectivity index (χ1) is 15.2. The Balaban J connectivity index is 1.92. The fourth-order valence-corrected chi connectivity index (χ4v) is 7.84. The third kappa shape index (κ3) is 3.33. The maximum atomic E-state index is 4.69. The zero-order valence-electron chi connectivity index (χ0n) is 17.5. The second kappa shape index (κ2) is 7.85. The van der Waals surface area contributed by atoms with Crippen molar-refractivity contribution in [3.8, 4) is 0 Å². The third-order valence-electron chi connectivity index (χ3n) is 5.70. The zero-order chi connectivity index (χ0) is 21.3. The fourth-order valence-electron chi connectivity index (χ4n) is 4.43. The van der Waals surface area contributed by atoms with E-state index in [1.165, 1.54) is 21.5 Å². The van der Waals surface area contributed by atoms with Crippen molar-refractivity contribution in [2.24, 2.45) is 0 Å². The highest BCUT2D eigenvalue weighted by molar-refractivity contribution is 7.13. The summed E-state index contributed by atoms with van der Waals surface area (Å²) in [5.74, 6) is 1.58. The molecule has 0 radical (unpaired) electrons. The lowest BCUT2D eigenvalue weighted by molar-refractivity contribution is 1.12. The van der Waals surface area contributed by atoms with Crippen LogP contribution in [0.4, 0.5) is 0 Å². The average molecular weight is 419 g/mol. The molecule has 0 saturated heterocycles. The van der Waals surface area contributed by atoms with Gasteiger partial charge in [0.1, 0.15) is 8.07 Å². The first kappa shape index (κ1) is 19.3. The molecule has 31 heavy (non-hydrogen) atoms. The van der Waals surface area contributed by atoms with Crippen LogP contribution in [0.1, 0.15) is 22.8 Å². The lowest BCUT2D eigenvalue weighted by Gasteiger charge is -2.23. The van der Waals surface area contributed by atoms with Crippen molar-refractivity contribution in [3.63, 3.8) is 0 Å². The van der Waals surface area contributed by atoms with Crippen molar-refractivity contribution >= 4 is 29.6 Å². The van der Waals surface area contributed by atoms with E-state index in [1.54, 1.807) is 0 Å². The predicted molar refractivity (Wildman–Crippen MR) is 128 cm³/mol. The Bertz CT molecular complexity index is 1170. The topological polar surface area (TPSA) is 51.6 Å². The Morgan fingerprint density at radius 2 is 0.839 bits per heavy atom. The van der Waals surface area contributed by atoms with Gasteiger partial charge in [0, 0.05) is 24.8 Å². The molecular weight excluding hydrogens is 396 g/mol. The Labute approximate surface area is 183 Å². The smallest absolute Gasteiger partial charge is 0.151 e. The molecule has 4 aromatic rings. The largest absolute Gasteiger partial charge is 0.237 e. The lowest BCUT2D eigenvalue weighted by Crippen LogP contribution is -2.30. The van der Waals surface area contributed by atoms with Gasteiger partial charge in [0.2, 0.25) is 0 Å². The molecule has 3 heterocycles. The SMILES string of the molecule is C[Si]1(C)C(c2ncccn2)=C(c2ccccc2)C(c2ccccc2)=C1c1ncccn1. The molecule has 0 saturated carbocycles. The monoisotopic (exact) mass is 418 g/mol. The highest BCUT2D eigenvalue weighted by Gasteiger charge is 2.46. The first-order valence-corrected chi connectivity index (χ1v) is 13.3. The van der Waals surface area contributed by atoms with Gasteiger partial charge in [0.05, 0.1) is 0 Å². The van der Waals surface area contributed by atoms with E-state index in [2.05, 4.69) is 81.6 Å². The van der Waals surface area contributed by atoms with Crippen LogP contribution in [-0.2, 0) is 0 Å². The number of nitrogens with zero attached hydrogens (tertiary/aromatic N) is 4. The summed E-state index contributed by atoms with van der Waals surface area (Å²) in [5, 5.41) is 2.45. The number of aromatic nitrogens is 4. The maximum Gasteiger partial charge on any atom is 0.151 e. The van der Waals surface area contributed by atoms with Gasteiger partial charge in [-0.05, 0) is 44.8 Å². The van der Waals surface area contributed by atoms with Crippen molar-refractivity contribution in [1.82, 2.24) is 19.9 Å². The average Bonchev–Trinajstić information content (AvgIpc) is 3.08. The summed E-state index contributed by atoms with van der Waals surface area (Å²) in [6, 6.07) is 24.8. The highest BCUT2D eigenvalue weighted by atomic mass is 28.3. The van der Waals surface area contributed by atoms with Gasteiger partial charge in [-0.2, -0.15) is 0 Å². The van der Waals surface area contributed by atoms with Crippen LogP contribution in [0.25, 0.3) is 21.5 Å². The molecule has 0 aliphatic carbocycles. The Hall–Kier alpha value is -3.70. The molecule has 2 aromatic heterocycles. The van der Waals surface area contributed by atoms with Crippen molar-refractivity contribution in [3.05, 3.63) is 120 Å². The number of benzene rings is 2. The van der Waals surface area contributed by atoms with E-state index in [4.69, 9.17) is 0 Å². The van der Waals surface area contributed by atoms with Gasteiger partial charge in [-0.25, -0.2) is 19.9 Å². The normalized spacial score (nSPS) is 15.4. The summed E-state index contributed by atoms with van der Waals surface area (Å²) in [6.45, 7) is 4.70. The van der Waals surface area contributed by atoms with Gasteiger partial charge in [-0.15, -0.1) is 0 Å². The summed E-state index contributed by atoms with van der Waals surface area (Å²) >= 11 is 0. The van der Waals surface area contributed by atoms with Gasteiger partial charge in [-0.3, -0.25) is 0 Å². The van der Waals surface area contributed by atoms with Crippen LogP contribution in [0.2, 0.25) is 13.1 Å². The number of allylic oxidation sites excluding steroid dienone is 2. The van der Waals surface area contributed by atoms with Gasteiger partial charge in [0.15, 0.2) is 11.6 Å². The molecule has 1 aliphatic rings. The van der Waals surface area contributed by atoms with Crippen molar-refractivity contribution in [2.75, 3.05) is 0 Å². The van der Waals surface area contributed by atoms with Crippen LogP contribution in [0.3, 0.4) is 0 Å². The minimum absolute atomic E-state index is 0.789. The Morgan fingerprint density at radius 3 is 1.19 bits per heavy atom. The van der Waals surface area contributed by atoms with E-state index in [0.29, 0.717) is 0 Å². The van der Waals surface area contributed by atoms with Gasteiger partial charge >= 0.3 is 0 Å². The van der Waals surface area contributed by atoms with E-state index >= 15 is 0 Å². The molecule has 0 unspecified atom stereocenters. The molecular formula is C26H22N4Si. The zero-order valence-corrected chi connectivity index (χ0v) is 18.5. The van der Waals surface area contributed by atoms with Crippen LogP contribution in [-0.4, -0.2) is 28.0 Å². The quantitative estimate of drug-likeness (QED) is 0.406. The summed E-state index contributed by atoms with van der Waals surface area (Å²) < 4.78 is 0. The fraction of sp³-hybridized carbons (Fsp3) is 0.0769. The van der Waals surface area contributed by atoms with E-state index in [9.17, 15) is 0 Å². The Kier molecular flexibility index (Phi) is 4.88. The summed E-state index contributed by atoms with van der Waals surface area (Å²) in [4.78, 5) is 18.7. The van der Waals surface area contributed by atoms with Crippen molar-refractivity contribution in [1.29, 1.82) is 0 Å². The van der Waals surface area contributed by atoms with Crippen LogP contribution < -0.4 is 0 Å². The predicted octanol–water partition coefficient (Wildman–Crippen LogP) is 5.59. The standard InChI is InChI=1S/C26H22N4Si/c1-31(2)23(25-27-15-9-16-28-25)21(19-11-5-3-6-12-19)22(20-13-7-4-8-14-20)24(31)26-29-17-10-18-30-26/h3-18H,1-2H3. The third-order valence-corrected chi connectivity index (χ3v) is 9.15. The second-order valence-corrected chi connectivity index (χ2v) is 12.3. The minimum atomic E-state index is -2.26. The molecule has 0 N–H and O–H groups in total. The van der Waals surface area contributed by atoms with E-state index in [1.807, 2.05) is 49.1 Å². The van der Waals surface area contributed by atoms with Crippen molar-refractivity contribution in [2.45, 2.75) is 13.1 Å². The number of hydrogen-bond acceptors (Lipinski definition) is 4. The van der Waals surface area contributed by atoms with Gasteiger partial charge in [0.25, 0.3) is 0 Å². The molecule has 5 rings (SSSR count). The molecule has 150 valence electrons. The van der Waals surface area contributed by atoms with E-state index in [0.717, 1.165) is 22.8 Å². The summed E-state index contributed by atoms with van der Waals surface area (Å²) in [7, 11) is -2.26. The summed E-state index contributed by atoms with van der Waals surface area (Å²) in [5.41, 5.74) is 4.71. The lowest BCUT2D eigenvalue weighted by atomic mass is 9.91. The van der Waals surface area contributed by atoms with E-state index in [-0.39, 0.29) is 0 Å². The highest BCUT2D eigenvalue weighted by Crippen LogP contribution is 2.54. The van der Waals surface area contributed by atoms with Crippen LogP contribution in [0, 0.1) is 0 Å². The molecule has 5 heteroatoms. The molecule has 0 spiro atoms. The van der Waals surface area contributed by atoms with Crippen LogP contribution in [0.15, 0.2) is 97.6 Å². The van der Waals surface area contributed by atoms with E-state index < -0.39 is 8.07 Å². The van der Waals surface area contributed by atoms with Gasteiger partial charge < -0.3 is 0 Å². The molecule has 0 amide bonds. The maximum absolute atomic E-state index is 4.69. The Morgan fingerprint density at radius 1 is 0.484 bits per heavy atom. The molecule has 1 aliphatic heterocycles. The first-order valence-electron chi connectivity index (χ1n) is 10.3. The number of hydrogen-bond donors (Lipinski definition) is 0. The van der Waals surface area contributed by atoms with Crippen molar-refractivity contribution < 1.29 is 0 Å².